The lowest BCUT2D eigenvalue weighted by molar-refractivity contribution is -0.137. The Bertz CT molecular complexity index is 1080. The van der Waals surface area contributed by atoms with Gasteiger partial charge in [-0.3, -0.25) is 0 Å². The highest BCUT2D eigenvalue weighted by molar-refractivity contribution is 5.73. The molecule has 0 spiro atoms. The summed E-state index contributed by atoms with van der Waals surface area (Å²) in [6.07, 6.45) is -3.44. The molecule has 0 fully saturated rings. The second kappa shape index (κ2) is 8.85. The van der Waals surface area contributed by atoms with E-state index in [1.165, 1.54) is 23.2 Å². The highest BCUT2D eigenvalue weighted by Gasteiger charge is 2.30. The van der Waals surface area contributed by atoms with E-state index in [-0.39, 0.29) is 18.3 Å². The maximum absolute atomic E-state index is 12.8. The van der Waals surface area contributed by atoms with Crippen molar-refractivity contribution in [1.29, 1.82) is 0 Å². The van der Waals surface area contributed by atoms with Gasteiger partial charge < -0.3 is 19.4 Å². The molecule has 2 aromatic heterocycles. The molecule has 0 saturated heterocycles. The fraction of sp³-hybridized carbons (Fsp3) is 0.333. The van der Waals surface area contributed by atoms with Gasteiger partial charge in [0.05, 0.1) is 11.1 Å². The van der Waals surface area contributed by atoms with E-state index in [1.807, 2.05) is 0 Å². The van der Waals surface area contributed by atoms with Gasteiger partial charge in [-0.1, -0.05) is 0 Å². The summed E-state index contributed by atoms with van der Waals surface area (Å²) < 4.78 is 49.2. The van der Waals surface area contributed by atoms with Crippen LogP contribution in [0.15, 0.2) is 47.0 Å². The molecular weight excluding hydrogens is 427 g/mol. The van der Waals surface area contributed by atoms with E-state index in [2.05, 4.69) is 20.5 Å². The number of amides is 1. The van der Waals surface area contributed by atoms with Crippen molar-refractivity contribution in [2.24, 2.45) is 0 Å². The van der Waals surface area contributed by atoms with Crippen LogP contribution in [0.4, 0.5) is 29.5 Å². The Kier molecular flexibility index (Phi) is 6.37. The van der Waals surface area contributed by atoms with Gasteiger partial charge in [-0.05, 0) is 57.2 Å². The van der Waals surface area contributed by atoms with Crippen molar-refractivity contribution < 1.29 is 27.1 Å². The number of nitrogens with one attached hydrogen (secondary N) is 1. The first-order chi connectivity index (χ1) is 14.9. The van der Waals surface area contributed by atoms with E-state index in [4.69, 9.17) is 9.15 Å². The lowest BCUT2D eigenvalue weighted by Gasteiger charge is -2.23. The predicted molar refractivity (Wildman–Crippen MR) is 110 cm³/mol. The molecule has 8 nitrogen and oxygen atoms in total. The van der Waals surface area contributed by atoms with Crippen molar-refractivity contribution in [2.75, 3.05) is 12.4 Å². The second-order valence-corrected chi connectivity index (χ2v) is 7.94. The maximum Gasteiger partial charge on any atom is 0.416 e. The fourth-order valence-corrected chi connectivity index (χ4v) is 2.59. The number of rotatable bonds is 5. The average Bonchev–Trinajstić information content (AvgIpc) is 3.15. The van der Waals surface area contributed by atoms with Gasteiger partial charge in [0.25, 0.3) is 5.89 Å². The molecule has 0 radical (unpaired) electrons. The summed E-state index contributed by atoms with van der Waals surface area (Å²) in [5.74, 6) is 0.640. The van der Waals surface area contributed by atoms with Crippen molar-refractivity contribution in [1.82, 2.24) is 20.1 Å². The molecule has 32 heavy (non-hydrogen) atoms. The molecule has 3 aromatic rings. The van der Waals surface area contributed by atoms with Crippen molar-refractivity contribution in [3.8, 4) is 11.5 Å². The van der Waals surface area contributed by atoms with Crippen LogP contribution in [0.25, 0.3) is 11.5 Å². The van der Waals surface area contributed by atoms with E-state index in [0.717, 1.165) is 12.1 Å². The van der Waals surface area contributed by atoms with Crippen LogP contribution in [0.3, 0.4) is 0 Å². The third-order valence-corrected chi connectivity index (χ3v) is 4.06. The highest BCUT2D eigenvalue weighted by Crippen LogP contribution is 2.32. The molecule has 0 atom stereocenters. The molecule has 0 aliphatic carbocycles. The summed E-state index contributed by atoms with van der Waals surface area (Å²) in [5, 5.41) is 10.9. The molecule has 1 aromatic carbocycles. The minimum Gasteiger partial charge on any atom is -0.444 e. The van der Waals surface area contributed by atoms with Crippen LogP contribution in [-0.4, -0.2) is 38.8 Å². The Morgan fingerprint density at radius 2 is 1.81 bits per heavy atom. The number of carbonyl (C=O) groups is 1. The quantitative estimate of drug-likeness (QED) is 0.568. The summed E-state index contributed by atoms with van der Waals surface area (Å²) in [6.45, 7) is 5.31. The molecule has 0 bridgehead atoms. The van der Waals surface area contributed by atoms with Gasteiger partial charge in [0, 0.05) is 18.9 Å². The Labute approximate surface area is 182 Å². The van der Waals surface area contributed by atoms with Gasteiger partial charge in [-0.25, -0.2) is 9.78 Å². The number of nitrogens with zero attached hydrogens (tertiary/aromatic N) is 4. The van der Waals surface area contributed by atoms with Gasteiger partial charge in [0.15, 0.2) is 0 Å². The lowest BCUT2D eigenvalue weighted by atomic mass is 10.2. The Balaban J connectivity index is 1.75. The Morgan fingerprint density at radius 3 is 2.44 bits per heavy atom. The number of anilines is 2. The third kappa shape index (κ3) is 5.96. The molecule has 1 N–H and O–H groups in total. The highest BCUT2D eigenvalue weighted by atomic mass is 19.4. The van der Waals surface area contributed by atoms with E-state index >= 15 is 0 Å². The predicted octanol–water partition coefficient (Wildman–Crippen LogP) is 5.26. The monoisotopic (exact) mass is 449 g/mol. The van der Waals surface area contributed by atoms with Crippen LogP contribution >= 0.6 is 0 Å². The minimum absolute atomic E-state index is 0.0316. The van der Waals surface area contributed by atoms with Crippen molar-refractivity contribution in [2.45, 2.75) is 39.1 Å². The summed E-state index contributed by atoms with van der Waals surface area (Å²) >= 11 is 0. The van der Waals surface area contributed by atoms with Crippen molar-refractivity contribution in [3.63, 3.8) is 0 Å². The standard InChI is InChI=1S/C21H22F3N5O3/c1-20(2,3)32-19(30)29(4)12-16-27-28-18(31-16)15-6-5-11-25-17(15)26-14-9-7-13(8-10-14)21(22,23)24/h5-11H,12H2,1-4H3,(H,25,26). The second-order valence-electron chi connectivity index (χ2n) is 7.94. The van der Waals surface area contributed by atoms with Gasteiger partial charge in [0.2, 0.25) is 5.89 Å². The van der Waals surface area contributed by atoms with Gasteiger partial charge in [0.1, 0.15) is 18.0 Å². The van der Waals surface area contributed by atoms with E-state index in [0.29, 0.717) is 17.1 Å². The van der Waals surface area contributed by atoms with Crippen molar-refractivity contribution in [3.05, 3.63) is 54.0 Å². The number of benzene rings is 1. The number of ether oxygens (including phenoxy) is 1. The molecule has 0 saturated carbocycles. The lowest BCUT2D eigenvalue weighted by Crippen LogP contribution is -2.33. The zero-order chi connectivity index (χ0) is 23.5. The maximum atomic E-state index is 12.8. The average molecular weight is 449 g/mol. The molecule has 0 aliphatic rings. The van der Waals surface area contributed by atoms with Crippen LogP contribution < -0.4 is 5.32 Å². The molecule has 1 amide bonds. The third-order valence-electron chi connectivity index (χ3n) is 4.06. The van der Waals surface area contributed by atoms with Crippen LogP contribution in [0, 0.1) is 0 Å². The van der Waals surface area contributed by atoms with E-state index in [1.54, 1.807) is 40.0 Å². The number of aromatic nitrogens is 3. The Morgan fingerprint density at radius 1 is 1.12 bits per heavy atom. The first kappa shape index (κ1) is 23.0. The largest absolute Gasteiger partial charge is 0.444 e. The molecular formula is C21H22F3N5O3. The van der Waals surface area contributed by atoms with E-state index in [9.17, 15) is 18.0 Å². The number of halogens is 3. The molecule has 2 heterocycles. The van der Waals surface area contributed by atoms with Crippen molar-refractivity contribution >= 4 is 17.6 Å². The zero-order valence-corrected chi connectivity index (χ0v) is 17.9. The van der Waals surface area contributed by atoms with Crippen LogP contribution in [-0.2, 0) is 17.5 Å². The minimum atomic E-state index is -4.42. The summed E-state index contributed by atoms with van der Waals surface area (Å²) in [7, 11) is 1.54. The van der Waals surface area contributed by atoms with E-state index < -0.39 is 23.4 Å². The fourth-order valence-electron chi connectivity index (χ4n) is 2.59. The normalized spacial score (nSPS) is 11.8. The molecule has 0 unspecified atom stereocenters. The molecule has 170 valence electrons. The molecule has 11 heteroatoms. The molecule has 0 aliphatic heterocycles. The first-order valence-electron chi connectivity index (χ1n) is 9.58. The zero-order valence-electron chi connectivity index (χ0n) is 17.9. The number of hydrogen-bond donors (Lipinski definition) is 1. The van der Waals surface area contributed by atoms with Crippen LogP contribution in [0.1, 0.15) is 32.2 Å². The number of carbonyl (C=O) groups excluding carboxylic acids is 1. The topological polar surface area (TPSA) is 93.4 Å². The summed E-state index contributed by atoms with van der Waals surface area (Å²) in [5.41, 5.74) is -0.534. The first-order valence-corrected chi connectivity index (χ1v) is 9.58. The smallest absolute Gasteiger partial charge is 0.416 e. The Hall–Kier alpha value is -3.63. The van der Waals surface area contributed by atoms with Gasteiger partial charge in [-0.15, -0.1) is 10.2 Å². The number of pyridine rings is 1. The number of hydrogen-bond acceptors (Lipinski definition) is 7. The SMILES string of the molecule is CN(Cc1nnc(-c2cccnc2Nc2ccc(C(F)(F)F)cc2)o1)C(=O)OC(C)(C)C. The summed E-state index contributed by atoms with van der Waals surface area (Å²) in [4.78, 5) is 17.6. The van der Waals surface area contributed by atoms with Gasteiger partial charge in [-0.2, -0.15) is 13.2 Å². The molecule has 3 rings (SSSR count). The summed E-state index contributed by atoms with van der Waals surface area (Å²) in [6, 6.07) is 7.88. The number of alkyl halides is 3. The van der Waals surface area contributed by atoms with Gasteiger partial charge >= 0.3 is 12.3 Å². The van der Waals surface area contributed by atoms with Crippen LogP contribution in [0.5, 0.6) is 0 Å². The van der Waals surface area contributed by atoms with Crippen LogP contribution in [0.2, 0.25) is 0 Å².